The zero-order chi connectivity index (χ0) is 25.9. The van der Waals surface area contributed by atoms with Crippen LogP contribution in [0.4, 0.5) is 0 Å². The molecule has 0 atom stereocenters. The largest absolute Gasteiger partial charge is 0.748 e. The van der Waals surface area contributed by atoms with Gasteiger partial charge in [-0.05, 0) is 36.8 Å². The highest BCUT2D eigenvalue weighted by Crippen LogP contribution is 2.40. The average molecular weight is 528 g/mol. The zero-order valence-corrected chi connectivity index (χ0v) is 21.6. The molecule has 0 unspecified atom stereocenters. The number of aromatic nitrogens is 1. The van der Waals surface area contributed by atoms with Gasteiger partial charge >= 0.3 is 5.97 Å². The van der Waals surface area contributed by atoms with Gasteiger partial charge in [0.25, 0.3) is 0 Å². The molecule has 0 aliphatic heterocycles. The number of carbonyl (C=O) groups is 1. The maximum atomic E-state index is 13.5. The molecule has 188 valence electrons. The van der Waals surface area contributed by atoms with Crippen LogP contribution in [0.3, 0.4) is 0 Å². The number of nitrogens with zero attached hydrogens (tertiary/aromatic N) is 1. The number of hydrogen-bond donors (Lipinski definition) is 0. The van der Waals surface area contributed by atoms with Gasteiger partial charge in [0.1, 0.15) is 18.0 Å². The van der Waals surface area contributed by atoms with E-state index in [0.29, 0.717) is 46.3 Å². The number of benzene rings is 3. The molecule has 0 bridgehead atoms. The fraction of sp³-hybridized carbons (Fsp3) is 0.231. The molecule has 36 heavy (non-hydrogen) atoms. The van der Waals surface area contributed by atoms with E-state index in [1.165, 1.54) is 13.3 Å². The van der Waals surface area contributed by atoms with Crippen molar-refractivity contribution in [1.82, 2.24) is 0 Å². The Hall–Kier alpha value is -3.26. The number of pyridine rings is 1. The van der Waals surface area contributed by atoms with E-state index in [9.17, 15) is 22.3 Å². The number of para-hydroxylation sites is 2. The van der Waals surface area contributed by atoms with Crippen molar-refractivity contribution in [2.45, 2.75) is 19.4 Å². The third kappa shape index (κ3) is 6.29. The number of carbonyl (C=O) groups excluding carboxylic acids is 1. The van der Waals surface area contributed by atoms with E-state index in [1.807, 2.05) is 34.9 Å². The summed E-state index contributed by atoms with van der Waals surface area (Å²) < 4.78 is 58.7. The predicted molar refractivity (Wildman–Crippen MR) is 137 cm³/mol. The lowest BCUT2D eigenvalue weighted by atomic mass is 10.0. The summed E-state index contributed by atoms with van der Waals surface area (Å²) in [5.74, 6) is -0.246. The van der Waals surface area contributed by atoms with Crippen molar-refractivity contribution in [3.63, 3.8) is 0 Å². The fourth-order valence-corrected chi connectivity index (χ4v) is 5.29. The topological polar surface area (TPSA) is 114 Å². The molecule has 3 aromatic carbocycles. The maximum absolute atomic E-state index is 13.5. The van der Waals surface area contributed by atoms with E-state index in [1.54, 1.807) is 42.5 Å². The summed E-state index contributed by atoms with van der Waals surface area (Å²) in [6, 6.07) is 21.2. The molecular formula is C26H26NO7PS. The lowest BCUT2D eigenvalue weighted by Crippen LogP contribution is -2.37. The van der Waals surface area contributed by atoms with Crippen LogP contribution in [0.2, 0.25) is 0 Å². The van der Waals surface area contributed by atoms with Gasteiger partial charge in [-0.25, -0.2) is 13.2 Å². The first-order valence-electron chi connectivity index (χ1n) is 11.4. The first kappa shape index (κ1) is 25.8. The first-order valence-corrected chi connectivity index (χ1v) is 15.5. The summed E-state index contributed by atoms with van der Waals surface area (Å²) >= 11 is 0. The standard InChI is InChI=1S/C26H26NO7PS/c1-35(2,29)34-20-14-15-24-22(18-20)25(26(28)33-19-10-4-3-5-11-19)21-12-6-7-13-23(21)27(24)16-8-9-17-36(30,31)32/h3-7,10-15,18H,8-9,16-17H2,1-2H3. The summed E-state index contributed by atoms with van der Waals surface area (Å²) in [7, 11) is -7.16. The minimum Gasteiger partial charge on any atom is -0.748 e. The van der Waals surface area contributed by atoms with Gasteiger partial charge in [-0.2, -0.15) is 4.57 Å². The van der Waals surface area contributed by atoms with Crippen LogP contribution >= 0.6 is 7.37 Å². The second kappa shape index (κ2) is 10.4. The van der Waals surface area contributed by atoms with Gasteiger partial charge in [0.2, 0.25) is 18.4 Å². The Morgan fingerprint density at radius 3 is 2.25 bits per heavy atom. The van der Waals surface area contributed by atoms with Crippen LogP contribution in [-0.2, 0) is 21.2 Å². The number of ether oxygens (including phenoxy) is 1. The van der Waals surface area contributed by atoms with Crippen molar-refractivity contribution in [3.05, 3.63) is 78.4 Å². The number of esters is 1. The molecule has 1 aromatic heterocycles. The Kier molecular flexibility index (Phi) is 7.45. The minimum absolute atomic E-state index is 0.211. The molecule has 4 rings (SSSR count). The Labute approximate surface area is 209 Å². The molecule has 4 aromatic rings. The van der Waals surface area contributed by atoms with Crippen LogP contribution in [0.5, 0.6) is 11.5 Å². The van der Waals surface area contributed by atoms with Crippen LogP contribution in [0, 0.1) is 0 Å². The lowest BCUT2D eigenvalue weighted by molar-refractivity contribution is -0.645. The average Bonchev–Trinajstić information content (AvgIpc) is 2.80. The molecular weight excluding hydrogens is 501 g/mol. The summed E-state index contributed by atoms with van der Waals surface area (Å²) in [6.45, 7) is 3.43. The van der Waals surface area contributed by atoms with Crippen molar-refractivity contribution in [1.29, 1.82) is 0 Å². The van der Waals surface area contributed by atoms with Crippen molar-refractivity contribution in [2.24, 2.45) is 0 Å². The van der Waals surface area contributed by atoms with Crippen LogP contribution in [0.25, 0.3) is 21.8 Å². The highest BCUT2D eigenvalue weighted by atomic mass is 32.2. The molecule has 0 fully saturated rings. The van der Waals surface area contributed by atoms with Gasteiger partial charge in [0, 0.05) is 37.6 Å². The molecule has 0 aliphatic carbocycles. The molecule has 0 spiro atoms. The molecule has 8 nitrogen and oxygen atoms in total. The number of aryl methyl sites for hydroxylation is 1. The normalized spacial score (nSPS) is 12.1. The van der Waals surface area contributed by atoms with Crippen molar-refractivity contribution < 1.29 is 36.2 Å². The van der Waals surface area contributed by atoms with E-state index < -0.39 is 29.2 Å². The molecule has 0 saturated heterocycles. The molecule has 0 N–H and O–H groups in total. The molecule has 0 aliphatic rings. The highest BCUT2D eigenvalue weighted by molar-refractivity contribution is 7.85. The van der Waals surface area contributed by atoms with E-state index in [0.717, 1.165) is 5.52 Å². The van der Waals surface area contributed by atoms with Gasteiger partial charge in [0.15, 0.2) is 0 Å². The zero-order valence-electron chi connectivity index (χ0n) is 19.9. The Bertz CT molecular complexity index is 1580. The van der Waals surface area contributed by atoms with Gasteiger partial charge < -0.3 is 13.8 Å². The molecule has 0 amide bonds. The molecule has 1 heterocycles. The number of fused-ring (bicyclic) bond motifs is 2. The van der Waals surface area contributed by atoms with Gasteiger partial charge in [-0.3, -0.25) is 4.57 Å². The van der Waals surface area contributed by atoms with Gasteiger partial charge in [-0.15, -0.1) is 0 Å². The highest BCUT2D eigenvalue weighted by Gasteiger charge is 2.26. The third-order valence-corrected chi connectivity index (χ3v) is 6.94. The van der Waals surface area contributed by atoms with Crippen molar-refractivity contribution in [3.8, 4) is 11.5 Å². The fourth-order valence-electron chi connectivity index (χ4n) is 4.11. The predicted octanol–water partition coefficient (Wildman–Crippen LogP) is 4.74. The van der Waals surface area contributed by atoms with Gasteiger partial charge in [0.05, 0.1) is 26.5 Å². The molecule has 0 radical (unpaired) electrons. The summed E-state index contributed by atoms with van der Waals surface area (Å²) in [5, 5.41) is 1.17. The monoisotopic (exact) mass is 527 g/mol. The lowest BCUT2D eigenvalue weighted by Gasteiger charge is -2.14. The van der Waals surface area contributed by atoms with Crippen molar-refractivity contribution in [2.75, 3.05) is 19.1 Å². The van der Waals surface area contributed by atoms with E-state index in [2.05, 4.69) is 0 Å². The van der Waals surface area contributed by atoms with Crippen LogP contribution < -0.4 is 13.8 Å². The molecule has 10 heteroatoms. The van der Waals surface area contributed by atoms with Crippen LogP contribution in [0.1, 0.15) is 23.2 Å². The summed E-state index contributed by atoms with van der Waals surface area (Å²) in [5.41, 5.74) is 1.77. The maximum Gasteiger partial charge on any atom is 0.345 e. The van der Waals surface area contributed by atoms with Crippen LogP contribution in [0.15, 0.2) is 72.8 Å². The van der Waals surface area contributed by atoms with Crippen LogP contribution in [-0.4, -0.2) is 38.0 Å². The Morgan fingerprint density at radius 2 is 1.56 bits per heavy atom. The molecule has 0 saturated carbocycles. The van der Waals surface area contributed by atoms with Gasteiger partial charge in [-0.1, -0.05) is 30.3 Å². The Balaban J connectivity index is 1.88. The minimum atomic E-state index is -4.30. The Morgan fingerprint density at radius 1 is 0.889 bits per heavy atom. The first-order chi connectivity index (χ1) is 17.0. The smallest absolute Gasteiger partial charge is 0.345 e. The number of unbranched alkanes of at least 4 members (excludes halogenated alkanes) is 1. The second-order valence-corrected chi connectivity index (χ2v) is 12.9. The van der Waals surface area contributed by atoms with E-state index in [-0.39, 0.29) is 6.42 Å². The third-order valence-electron chi connectivity index (χ3n) is 5.50. The SMILES string of the molecule is CP(C)(=O)Oc1ccc2c(c1)c(C(=O)Oc1ccccc1)c1ccccc1[n+]2CCCCS(=O)(=O)[O-]. The number of rotatable bonds is 9. The van der Waals surface area contributed by atoms with E-state index >= 15 is 0 Å². The van der Waals surface area contributed by atoms with E-state index in [4.69, 9.17) is 9.26 Å². The summed E-state index contributed by atoms with van der Waals surface area (Å²) in [4.78, 5) is 13.5. The number of hydrogen-bond acceptors (Lipinski definition) is 7. The quantitative estimate of drug-likeness (QED) is 0.0587. The second-order valence-electron chi connectivity index (χ2n) is 8.74. The van der Waals surface area contributed by atoms with Crippen molar-refractivity contribution >= 4 is 45.3 Å². The summed E-state index contributed by atoms with van der Waals surface area (Å²) in [6.07, 6.45) is 0.652.